The Morgan fingerprint density at radius 2 is 1.64 bits per heavy atom. The number of sulfonamides is 1. The number of anilines is 1. The Balaban J connectivity index is 1.62. The summed E-state index contributed by atoms with van der Waals surface area (Å²) >= 11 is 12.7. The number of carbonyl (C=O) groups is 2. The van der Waals surface area contributed by atoms with Crippen molar-refractivity contribution in [3.05, 3.63) is 99.5 Å². The molecule has 1 saturated carbocycles. The predicted octanol–water partition coefficient (Wildman–Crippen LogP) is 6.94. The maximum Gasteiger partial charge on any atom is 0.243 e. The molecule has 236 valence electrons. The first-order chi connectivity index (χ1) is 21.0. The molecule has 10 heteroatoms. The molecular weight excluding hydrogens is 617 g/mol. The summed E-state index contributed by atoms with van der Waals surface area (Å²) in [6, 6.07) is 21.3. The summed E-state index contributed by atoms with van der Waals surface area (Å²) in [6.07, 6.45) is 6.94. The molecule has 0 heterocycles. The van der Waals surface area contributed by atoms with Gasteiger partial charge in [-0.25, -0.2) is 8.42 Å². The second-order valence-electron chi connectivity index (χ2n) is 11.5. The van der Waals surface area contributed by atoms with Crippen molar-refractivity contribution in [1.29, 1.82) is 0 Å². The van der Waals surface area contributed by atoms with Gasteiger partial charge in [-0.3, -0.25) is 13.9 Å². The summed E-state index contributed by atoms with van der Waals surface area (Å²) in [4.78, 5) is 29.7. The van der Waals surface area contributed by atoms with Gasteiger partial charge in [-0.15, -0.1) is 0 Å². The molecule has 0 spiro atoms. The fourth-order valence-electron chi connectivity index (χ4n) is 5.76. The molecule has 1 aliphatic rings. The summed E-state index contributed by atoms with van der Waals surface area (Å²) in [5, 5.41) is 4.11. The van der Waals surface area contributed by atoms with E-state index in [1.54, 1.807) is 35.2 Å². The van der Waals surface area contributed by atoms with Crippen molar-refractivity contribution in [3.63, 3.8) is 0 Å². The first-order valence-corrected chi connectivity index (χ1v) is 17.7. The first-order valence-electron chi connectivity index (χ1n) is 15.1. The zero-order chi connectivity index (χ0) is 31.7. The predicted molar refractivity (Wildman–Crippen MR) is 179 cm³/mol. The normalized spacial score (nSPS) is 14.5. The minimum Gasteiger partial charge on any atom is -0.352 e. The van der Waals surface area contributed by atoms with E-state index < -0.39 is 16.1 Å². The molecule has 4 rings (SSSR count). The first kappa shape index (κ1) is 33.8. The summed E-state index contributed by atoms with van der Waals surface area (Å²) in [5.74, 6) is -0.453. The zero-order valence-electron chi connectivity index (χ0n) is 25.3. The quantitative estimate of drug-likeness (QED) is 0.216. The standard InChI is InChI=1S/C34H41Cl2N3O4S/c1-25-12-9-10-17-31(25)39(44(2,42)43)21-11-18-33(40)38(24-27-19-20-28(35)23-30(27)36)32(22-26-13-5-3-6-14-26)34(41)37-29-15-7-4-8-16-29/h3,5-6,9-10,12-14,17,19-20,23,29,32H,4,7-8,11,15-16,18,21-22,24H2,1-2H3,(H,37,41)/t32-/m1/s1. The summed E-state index contributed by atoms with van der Waals surface area (Å²) < 4.78 is 26.8. The molecule has 0 saturated heterocycles. The van der Waals surface area contributed by atoms with Gasteiger partial charge in [0.2, 0.25) is 21.8 Å². The van der Waals surface area contributed by atoms with Crippen LogP contribution in [0.3, 0.4) is 0 Å². The van der Waals surface area contributed by atoms with Crippen molar-refractivity contribution in [2.24, 2.45) is 0 Å². The highest BCUT2D eigenvalue weighted by Gasteiger charge is 2.32. The van der Waals surface area contributed by atoms with E-state index in [9.17, 15) is 18.0 Å². The number of carbonyl (C=O) groups excluding carboxylic acids is 2. The van der Waals surface area contributed by atoms with Crippen LogP contribution in [0.25, 0.3) is 0 Å². The van der Waals surface area contributed by atoms with Crippen LogP contribution in [0, 0.1) is 6.92 Å². The van der Waals surface area contributed by atoms with Gasteiger partial charge in [0.1, 0.15) is 6.04 Å². The van der Waals surface area contributed by atoms with Gasteiger partial charge in [0.25, 0.3) is 0 Å². The number of hydrogen-bond donors (Lipinski definition) is 1. The van der Waals surface area contributed by atoms with Gasteiger partial charge >= 0.3 is 0 Å². The Labute approximate surface area is 271 Å². The topological polar surface area (TPSA) is 86.8 Å². The van der Waals surface area contributed by atoms with Crippen molar-refractivity contribution in [1.82, 2.24) is 10.2 Å². The molecule has 0 radical (unpaired) electrons. The fourth-order valence-corrected chi connectivity index (χ4v) is 7.25. The number of amides is 2. The van der Waals surface area contributed by atoms with Gasteiger partial charge in [-0.1, -0.05) is 97.1 Å². The Hall–Kier alpha value is -3.07. The third kappa shape index (κ3) is 9.46. The highest BCUT2D eigenvalue weighted by atomic mass is 35.5. The van der Waals surface area contributed by atoms with E-state index in [1.165, 1.54) is 10.6 Å². The molecule has 44 heavy (non-hydrogen) atoms. The molecule has 0 aliphatic heterocycles. The number of halogens is 2. The number of benzene rings is 3. The minimum absolute atomic E-state index is 0.0467. The monoisotopic (exact) mass is 657 g/mol. The van der Waals surface area contributed by atoms with E-state index in [0.717, 1.165) is 43.2 Å². The van der Waals surface area contributed by atoms with Crippen LogP contribution in [0.5, 0.6) is 0 Å². The van der Waals surface area contributed by atoms with Crippen LogP contribution in [0.4, 0.5) is 5.69 Å². The molecule has 3 aromatic rings. The third-order valence-corrected chi connectivity index (χ3v) is 9.88. The van der Waals surface area contributed by atoms with E-state index in [4.69, 9.17) is 23.2 Å². The maximum absolute atomic E-state index is 14.1. The highest BCUT2D eigenvalue weighted by Crippen LogP contribution is 2.26. The average Bonchev–Trinajstić information content (AvgIpc) is 2.99. The van der Waals surface area contributed by atoms with E-state index >= 15 is 0 Å². The van der Waals surface area contributed by atoms with Crippen molar-refractivity contribution < 1.29 is 18.0 Å². The molecule has 0 bridgehead atoms. The van der Waals surface area contributed by atoms with Gasteiger partial charge < -0.3 is 10.2 Å². The Kier molecular flexibility index (Phi) is 12.1. The zero-order valence-corrected chi connectivity index (χ0v) is 27.7. The van der Waals surface area contributed by atoms with Crippen LogP contribution in [0.2, 0.25) is 10.0 Å². The van der Waals surface area contributed by atoms with E-state index in [2.05, 4.69) is 5.32 Å². The van der Waals surface area contributed by atoms with Crippen LogP contribution in [-0.4, -0.2) is 50.0 Å². The highest BCUT2D eigenvalue weighted by molar-refractivity contribution is 7.92. The number of rotatable bonds is 13. The molecule has 0 unspecified atom stereocenters. The van der Waals surface area contributed by atoms with Gasteiger partial charge in [0, 0.05) is 42.0 Å². The van der Waals surface area contributed by atoms with Crippen molar-refractivity contribution >= 4 is 50.7 Å². The largest absolute Gasteiger partial charge is 0.352 e. The Bertz CT molecular complexity index is 1530. The molecular formula is C34H41Cl2N3O4S. The van der Waals surface area contributed by atoms with E-state index in [0.29, 0.717) is 27.7 Å². The van der Waals surface area contributed by atoms with Crippen LogP contribution in [0.1, 0.15) is 61.6 Å². The lowest BCUT2D eigenvalue weighted by Crippen LogP contribution is -2.53. The molecule has 1 atom stereocenters. The lowest BCUT2D eigenvalue weighted by atomic mass is 9.94. The smallest absolute Gasteiger partial charge is 0.243 e. The molecule has 0 aromatic heterocycles. The maximum atomic E-state index is 14.1. The molecule has 3 aromatic carbocycles. The lowest BCUT2D eigenvalue weighted by Gasteiger charge is -2.34. The van der Waals surface area contributed by atoms with Gasteiger partial charge in [0.05, 0.1) is 11.9 Å². The second kappa shape index (κ2) is 15.8. The summed E-state index contributed by atoms with van der Waals surface area (Å²) in [5.41, 5.74) is 3.01. The SMILES string of the molecule is Cc1ccccc1N(CCCC(=O)N(Cc1ccc(Cl)cc1Cl)[C@H](Cc1ccccc1)C(=O)NC1CCCCC1)S(C)(=O)=O. The van der Waals surface area contributed by atoms with E-state index in [1.807, 2.05) is 49.4 Å². The van der Waals surface area contributed by atoms with Crippen LogP contribution < -0.4 is 9.62 Å². The third-order valence-electron chi connectivity index (χ3n) is 8.11. The van der Waals surface area contributed by atoms with Crippen molar-refractivity contribution in [2.75, 3.05) is 17.1 Å². The number of nitrogens with zero attached hydrogens (tertiary/aromatic N) is 2. The van der Waals surface area contributed by atoms with Crippen molar-refractivity contribution in [2.45, 2.75) is 76.9 Å². The lowest BCUT2D eigenvalue weighted by molar-refractivity contribution is -0.141. The number of nitrogens with one attached hydrogen (secondary N) is 1. The second-order valence-corrected chi connectivity index (χ2v) is 14.3. The molecule has 2 amide bonds. The molecule has 1 fully saturated rings. The number of hydrogen-bond acceptors (Lipinski definition) is 4. The van der Waals surface area contributed by atoms with Gasteiger partial charge in [-0.05, 0) is 61.1 Å². The molecule has 1 aliphatic carbocycles. The molecule has 1 N–H and O–H groups in total. The van der Waals surface area contributed by atoms with Crippen molar-refractivity contribution in [3.8, 4) is 0 Å². The Morgan fingerprint density at radius 1 is 0.955 bits per heavy atom. The van der Waals surface area contributed by atoms with Gasteiger partial charge in [0.15, 0.2) is 0 Å². The van der Waals surface area contributed by atoms with Crippen LogP contribution >= 0.6 is 23.2 Å². The Morgan fingerprint density at radius 3 is 2.30 bits per heavy atom. The van der Waals surface area contributed by atoms with E-state index in [-0.39, 0.29) is 43.8 Å². The molecule has 7 nitrogen and oxygen atoms in total. The fraction of sp³-hybridized carbons (Fsp3) is 0.412. The average molecular weight is 659 g/mol. The van der Waals surface area contributed by atoms with Gasteiger partial charge in [-0.2, -0.15) is 0 Å². The van der Waals surface area contributed by atoms with Crippen LogP contribution in [0.15, 0.2) is 72.8 Å². The number of aryl methyl sites for hydroxylation is 1. The summed E-state index contributed by atoms with van der Waals surface area (Å²) in [6.45, 7) is 2.09. The number of para-hydroxylation sites is 1. The van der Waals surface area contributed by atoms with Crippen LogP contribution in [-0.2, 0) is 32.6 Å². The summed E-state index contributed by atoms with van der Waals surface area (Å²) in [7, 11) is -3.59. The minimum atomic E-state index is -3.59.